The molecule has 0 N–H and O–H groups in total. The third-order valence-corrected chi connectivity index (χ3v) is 2.92. The summed E-state index contributed by atoms with van der Waals surface area (Å²) >= 11 is 3.32. The summed E-state index contributed by atoms with van der Waals surface area (Å²) in [6.07, 6.45) is 2.39. The summed E-state index contributed by atoms with van der Waals surface area (Å²) in [6.45, 7) is 0. The topological polar surface area (TPSA) is 20.3 Å². The number of benzene rings is 1. The van der Waals surface area contributed by atoms with E-state index < -0.39 is 0 Å². The van der Waals surface area contributed by atoms with Gasteiger partial charge in [0.05, 0.1) is 0 Å². The van der Waals surface area contributed by atoms with Gasteiger partial charge in [0.15, 0.2) is 0 Å². The number of hydrogen-bond donors (Lipinski definition) is 0. The van der Waals surface area contributed by atoms with Gasteiger partial charge in [-0.1, -0.05) is 15.9 Å². The summed E-state index contributed by atoms with van der Waals surface area (Å²) in [5.41, 5.74) is 0.727. The highest BCUT2D eigenvalue weighted by Gasteiger charge is 2.09. The second kappa shape index (κ2) is 6.63. The van der Waals surface area contributed by atoms with Gasteiger partial charge < -0.3 is 4.90 Å². The van der Waals surface area contributed by atoms with E-state index in [1.165, 1.54) is 12.1 Å². The van der Waals surface area contributed by atoms with Crippen LogP contribution in [0.5, 0.6) is 0 Å². The minimum absolute atomic E-state index is 0.0626. The Balaban J connectivity index is 2.53. The molecule has 0 aliphatic carbocycles. The Kier molecular flexibility index (Phi) is 5.46. The van der Waals surface area contributed by atoms with E-state index in [1.807, 2.05) is 0 Å². The number of amides is 1. The number of anilines is 1. The molecule has 0 radical (unpaired) electrons. The second-order valence-corrected chi connectivity index (χ2v) is 4.37. The van der Waals surface area contributed by atoms with Crippen molar-refractivity contribution in [2.24, 2.45) is 0 Å². The van der Waals surface area contributed by atoms with Crippen molar-refractivity contribution in [3.05, 3.63) is 30.1 Å². The first kappa shape index (κ1) is 13.2. The molecule has 16 heavy (non-hydrogen) atoms. The molecule has 0 fully saturated rings. The number of hydrogen-bond acceptors (Lipinski definition) is 1. The number of alkyl halides is 1. The van der Waals surface area contributed by atoms with Gasteiger partial charge in [-0.15, -0.1) is 0 Å². The van der Waals surface area contributed by atoms with E-state index in [2.05, 4.69) is 15.9 Å². The lowest BCUT2D eigenvalue weighted by atomic mass is 10.2. The van der Waals surface area contributed by atoms with Crippen molar-refractivity contribution in [2.45, 2.75) is 19.3 Å². The zero-order valence-electron chi connectivity index (χ0n) is 9.25. The van der Waals surface area contributed by atoms with E-state index in [9.17, 15) is 9.18 Å². The molecule has 0 heterocycles. The van der Waals surface area contributed by atoms with E-state index in [0.717, 1.165) is 23.9 Å². The van der Waals surface area contributed by atoms with Crippen LogP contribution in [-0.2, 0) is 4.79 Å². The summed E-state index contributed by atoms with van der Waals surface area (Å²) in [6, 6.07) is 5.94. The van der Waals surface area contributed by atoms with E-state index in [-0.39, 0.29) is 11.7 Å². The molecule has 2 nitrogen and oxygen atoms in total. The molecule has 0 spiro atoms. The van der Waals surface area contributed by atoms with Crippen molar-refractivity contribution < 1.29 is 9.18 Å². The van der Waals surface area contributed by atoms with E-state index in [1.54, 1.807) is 24.1 Å². The largest absolute Gasteiger partial charge is 0.316 e. The molecule has 1 amide bonds. The highest BCUT2D eigenvalue weighted by atomic mass is 79.9. The molecule has 1 rings (SSSR count). The standard InChI is InChI=1S/C12H15BrFNO/c1-15(12(16)4-2-3-9-13)11-7-5-10(14)6-8-11/h5-8H,2-4,9H2,1H3. The van der Waals surface area contributed by atoms with Crippen LogP contribution in [0.15, 0.2) is 24.3 Å². The van der Waals surface area contributed by atoms with Gasteiger partial charge in [0.2, 0.25) is 5.91 Å². The van der Waals surface area contributed by atoms with Crippen LogP contribution >= 0.6 is 15.9 Å². The van der Waals surface area contributed by atoms with Crippen molar-refractivity contribution >= 4 is 27.5 Å². The van der Waals surface area contributed by atoms with Gasteiger partial charge in [-0.05, 0) is 37.1 Å². The predicted molar refractivity (Wildman–Crippen MR) is 67.5 cm³/mol. The average Bonchev–Trinajstić information content (AvgIpc) is 2.29. The van der Waals surface area contributed by atoms with Crippen LogP contribution in [0, 0.1) is 5.82 Å². The molecule has 0 aliphatic heterocycles. The van der Waals surface area contributed by atoms with Crippen molar-refractivity contribution in [1.82, 2.24) is 0 Å². The van der Waals surface area contributed by atoms with Crippen molar-refractivity contribution in [3.63, 3.8) is 0 Å². The maximum atomic E-state index is 12.7. The lowest BCUT2D eigenvalue weighted by Gasteiger charge is -2.17. The predicted octanol–water partition coefficient (Wildman–Crippen LogP) is 3.35. The molecule has 0 aliphatic rings. The normalized spacial score (nSPS) is 10.2. The van der Waals surface area contributed by atoms with Crippen LogP contribution in [0.4, 0.5) is 10.1 Å². The molecule has 0 saturated carbocycles. The number of unbranched alkanes of at least 4 members (excludes halogenated alkanes) is 1. The van der Waals surface area contributed by atoms with Gasteiger partial charge in [-0.25, -0.2) is 4.39 Å². The van der Waals surface area contributed by atoms with Crippen LogP contribution in [0.3, 0.4) is 0 Å². The Hall–Kier alpha value is -0.900. The first-order chi connectivity index (χ1) is 7.65. The molecule has 88 valence electrons. The smallest absolute Gasteiger partial charge is 0.226 e. The van der Waals surface area contributed by atoms with Crippen LogP contribution in [0.1, 0.15) is 19.3 Å². The maximum Gasteiger partial charge on any atom is 0.226 e. The van der Waals surface area contributed by atoms with Crippen LogP contribution in [-0.4, -0.2) is 18.3 Å². The second-order valence-electron chi connectivity index (χ2n) is 3.58. The van der Waals surface area contributed by atoms with E-state index in [0.29, 0.717) is 6.42 Å². The fraction of sp³-hybridized carbons (Fsp3) is 0.417. The number of carbonyl (C=O) groups is 1. The third kappa shape index (κ3) is 3.93. The Labute approximate surface area is 104 Å². The highest BCUT2D eigenvalue weighted by molar-refractivity contribution is 9.09. The lowest BCUT2D eigenvalue weighted by molar-refractivity contribution is -0.118. The van der Waals surface area contributed by atoms with E-state index >= 15 is 0 Å². The zero-order valence-corrected chi connectivity index (χ0v) is 10.8. The molecular weight excluding hydrogens is 273 g/mol. The lowest BCUT2D eigenvalue weighted by Crippen LogP contribution is -2.25. The first-order valence-corrected chi connectivity index (χ1v) is 6.35. The van der Waals surface area contributed by atoms with Crippen molar-refractivity contribution in [1.29, 1.82) is 0 Å². The minimum atomic E-state index is -0.288. The molecule has 4 heteroatoms. The molecule has 0 atom stereocenters. The van der Waals surface area contributed by atoms with Gasteiger partial charge in [0.25, 0.3) is 0 Å². The Morgan fingerprint density at radius 3 is 2.50 bits per heavy atom. The van der Waals surface area contributed by atoms with Gasteiger partial charge in [-0.2, -0.15) is 0 Å². The quantitative estimate of drug-likeness (QED) is 0.601. The van der Waals surface area contributed by atoms with Gasteiger partial charge in [0, 0.05) is 24.5 Å². The number of nitrogens with zero attached hydrogens (tertiary/aromatic N) is 1. The molecule has 0 unspecified atom stereocenters. The molecule has 1 aromatic rings. The monoisotopic (exact) mass is 287 g/mol. The Morgan fingerprint density at radius 2 is 1.94 bits per heavy atom. The average molecular weight is 288 g/mol. The van der Waals surface area contributed by atoms with Gasteiger partial charge in [0.1, 0.15) is 5.82 Å². The maximum absolute atomic E-state index is 12.7. The van der Waals surface area contributed by atoms with Gasteiger partial charge in [-0.3, -0.25) is 4.79 Å². The highest BCUT2D eigenvalue weighted by Crippen LogP contribution is 2.14. The molecule has 0 aromatic heterocycles. The van der Waals surface area contributed by atoms with Crippen molar-refractivity contribution in [2.75, 3.05) is 17.3 Å². The fourth-order valence-electron chi connectivity index (χ4n) is 1.35. The van der Waals surface area contributed by atoms with Crippen LogP contribution in [0.25, 0.3) is 0 Å². The van der Waals surface area contributed by atoms with E-state index in [4.69, 9.17) is 0 Å². The van der Waals surface area contributed by atoms with Crippen LogP contribution in [0.2, 0.25) is 0 Å². The minimum Gasteiger partial charge on any atom is -0.316 e. The fourth-order valence-corrected chi connectivity index (χ4v) is 1.74. The first-order valence-electron chi connectivity index (χ1n) is 5.23. The summed E-state index contributed by atoms with van der Waals surface area (Å²) in [4.78, 5) is 13.3. The Bertz CT molecular complexity index is 339. The number of halogens is 2. The number of carbonyl (C=O) groups excluding carboxylic acids is 1. The summed E-state index contributed by atoms with van der Waals surface area (Å²) in [7, 11) is 1.71. The molecule has 0 bridgehead atoms. The molecule has 1 aromatic carbocycles. The summed E-state index contributed by atoms with van der Waals surface area (Å²) in [5, 5.41) is 0.917. The molecule has 0 saturated heterocycles. The van der Waals surface area contributed by atoms with Gasteiger partial charge >= 0.3 is 0 Å². The molecular formula is C12H15BrFNO. The van der Waals surface area contributed by atoms with Crippen molar-refractivity contribution in [3.8, 4) is 0 Å². The SMILES string of the molecule is CN(C(=O)CCCCBr)c1ccc(F)cc1. The number of rotatable bonds is 5. The zero-order chi connectivity index (χ0) is 12.0. The van der Waals surface area contributed by atoms with Crippen LogP contribution < -0.4 is 4.90 Å². The summed E-state index contributed by atoms with van der Waals surface area (Å²) in [5.74, 6) is -0.226. The third-order valence-electron chi connectivity index (χ3n) is 2.36. The summed E-state index contributed by atoms with van der Waals surface area (Å²) < 4.78 is 12.7. The Morgan fingerprint density at radius 1 is 1.31 bits per heavy atom.